The number of nitrogens with zero attached hydrogens (tertiary/aromatic N) is 4. The monoisotopic (exact) mass is 347 g/mol. The molecule has 3 aromatic rings. The second-order valence-corrected chi connectivity index (χ2v) is 5.60. The van der Waals surface area contributed by atoms with Gasteiger partial charge in [-0.05, 0) is 23.7 Å². The van der Waals surface area contributed by atoms with Crippen LogP contribution in [-0.2, 0) is 25.4 Å². The van der Waals surface area contributed by atoms with Gasteiger partial charge in [-0.2, -0.15) is 4.98 Å². The molecule has 2 heterocycles. The van der Waals surface area contributed by atoms with Gasteiger partial charge >= 0.3 is 5.69 Å². The van der Waals surface area contributed by atoms with Gasteiger partial charge in [0, 0.05) is 19.8 Å². The molecule has 9 heteroatoms. The summed E-state index contributed by atoms with van der Waals surface area (Å²) < 4.78 is 3.46. The van der Waals surface area contributed by atoms with Gasteiger partial charge in [0.2, 0.25) is 11.2 Å². The van der Waals surface area contributed by atoms with Crippen LogP contribution in [0.15, 0.2) is 39.9 Å². The van der Waals surface area contributed by atoms with E-state index in [0.29, 0.717) is 5.69 Å². The lowest BCUT2D eigenvalue weighted by atomic mass is 10.3. The van der Waals surface area contributed by atoms with E-state index in [1.165, 1.54) is 23.2 Å². The number of hydrogen-bond donors (Lipinski definition) is 1. The number of hydrogen-bond acceptors (Lipinski definition) is 4. The Kier molecular flexibility index (Phi) is 3.98. The van der Waals surface area contributed by atoms with E-state index in [2.05, 4.69) is 10.3 Å². The maximum atomic E-state index is 12.4. The van der Waals surface area contributed by atoms with Gasteiger partial charge in [-0.15, -0.1) is 0 Å². The van der Waals surface area contributed by atoms with Crippen molar-refractivity contribution in [1.29, 1.82) is 0 Å². The molecule has 0 saturated carbocycles. The number of rotatable bonds is 3. The fraction of sp³-hybridized carbons (Fsp3) is 0.200. The van der Waals surface area contributed by atoms with Crippen LogP contribution in [0.4, 0.5) is 5.69 Å². The molecule has 0 aliphatic carbocycles. The minimum atomic E-state index is -0.556. The Morgan fingerprint density at radius 1 is 1.17 bits per heavy atom. The molecule has 0 atom stereocenters. The summed E-state index contributed by atoms with van der Waals surface area (Å²) in [5, 5.41) is 2.67. The van der Waals surface area contributed by atoms with E-state index in [1.807, 2.05) is 6.07 Å². The summed E-state index contributed by atoms with van der Waals surface area (Å²) in [5.41, 5.74) is -0.195. The van der Waals surface area contributed by atoms with Crippen molar-refractivity contribution >= 4 is 34.4 Å². The highest BCUT2D eigenvalue weighted by Gasteiger charge is 2.19. The molecule has 0 spiro atoms. The lowest BCUT2D eigenvalue weighted by molar-refractivity contribution is -0.116. The summed E-state index contributed by atoms with van der Waals surface area (Å²) in [4.78, 5) is 40.6. The normalized spacial score (nSPS) is 11.0. The van der Waals surface area contributed by atoms with Crippen molar-refractivity contribution in [3.63, 3.8) is 0 Å². The van der Waals surface area contributed by atoms with Crippen LogP contribution in [-0.4, -0.2) is 24.6 Å². The van der Waals surface area contributed by atoms with Crippen LogP contribution in [0.1, 0.15) is 0 Å². The number of halogens is 1. The van der Waals surface area contributed by atoms with Crippen LogP contribution in [0.5, 0.6) is 0 Å². The molecule has 1 aromatic carbocycles. The minimum absolute atomic E-state index is 0.0356. The first-order valence-electron chi connectivity index (χ1n) is 7.07. The number of imidazole rings is 1. The molecule has 8 nitrogen and oxygen atoms in total. The number of benzene rings is 1. The molecule has 3 rings (SSSR count). The van der Waals surface area contributed by atoms with Gasteiger partial charge in [-0.1, -0.05) is 18.2 Å². The quantitative estimate of drug-likeness (QED) is 0.707. The molecule has 0 fully saturated rings. The Hall–Kier alpha value is -2.87. The van der Waals surface area contributed by atoms with Crippen LogP contribution in [0.25, 0.3) is 11.2 Å². The van der Waals surface area contributed by atoms with Gasteiger partial charge in [0.25, 0.3) is 5.56 Å². The summed E-state index contributed by atoms with van der Waals surface area (Å²) in [7, 11) is 2.85. The van der Waals surface area contributed by atoms with Crippen molar-refractivity contribution in [3.8, 4) is 0 Å². The maximum absolute atomic E-state index is 12.4. The van der Waals surface area contributed by atoms with Gasteiger partial charge < -0.3 is 5.32 Å². The first-order valence-corrected chi connectivity index (χ1v) is 7.44. The smallest absolute Gasteiger partial charge is 0.325 e. The van der Waals surface area contributed by atoms with Gasteiger partial charge in [-0.25, -0.2) is 4.79 Å². The number of nitrogens with one attached hydrogen (secondary N) is 1. The SMILES string of the molecule is Cn1c(=O)c2c(nc(Cl)n2CC(=O)Nc2ccccc2)n(C)c1=O. The Morgan fingerprint density at radius 2 is 1.83 bits per heavy atom. The fourth-order valence-electron chi connectivity index (χ4n) is 2.43. The highest BCUT2D eigenvalue weighted by atomic mass is 35.5. The average molecular weight is 348 g/mol. The molecular formula is C15H14ClN5O3. The van der Waals surface area contributed by atoms with Crippen molar-refractivity contribution in [3.05, 3.63) is 56.5 Å². The predicted octanol–water partition coefficient (Wildman–Crippen LogP) is 0.726. The Balaban J connectivity index is 2.04. The lowest BCUT2D eigenvalue weighted by Gasteiger charge is -2.08. The van der Waals surface area contributed by atoms with Crippen molar-refractivity contribution in [2.45, 2.75) is 6.54 Å². The van der Waals surface area contributed by atoms with Crippen molar-refractivity contribution in [2.75, 3.05) is 5.32 Å². The molecule has 0 aliphatic rings. The molecular weight excluding hydrogens is 334 g/mol. The number of carbonyl (C=O) groups excluding carboxylic acids is 1. The van der Waals surface area contributed by atoms with Gasteiger partial charge in [0.1, 0.15) is 6.54 Å². The van der Waals surface area contributed by atoms with E-state index in [0.717, 1.165) is 4.57 Å². The first-order chi connectivity index (χ1) is 11.4. The zero-order valence-electron chi connectivity index (χ0n) is 13.0. The average Bonchev–Trinajstić information content (AvgIpc) is 2.88. The highest BCUT2D eigenvalue weighted by Crippen LogP contribution is 2.16. The number of anilines is 1. The largest absolute Gasteiger partial charge is 0.332 e. The zero-order chi connectivity index (χ0) is 17.4. The van der Waals surface area contributed by atoms with Gasteiger partial charge in [-0.3, -0.25) is 23.3 Å². The molecule has 1 amide bonds. The molecule has 124 valence electrons. The summed E-state index contributed by atoms with van der Waals surface area (Å²) in [6.07, 6.45) is 0. The predicted molar refractivity (Wildman–Crippen MR) is 90.3 cm³/mol. The van der Waals surface area contributed by atoms with Crippen LogP contribution < -0.4 is 16.6 Å². The van der Waals surface area contributed by atoms with E-state index >= 15 is 0 Å². The standard InChI is InChI=1S/C15H14ClN5O3/c1-19-12-11(13(23)20(2)15(19)24)21(14(16)18-12)8-10(22)17-9-6-4-3-5-7-9/h3-7H,8H2,1-2H3,(H,17,22). The van der Waals surface area contributed by atoms with Crippen molar-refractivity contribution < 1.29 is 4.79 Å². The third-order valence-electron chi connectivity index (χ3n) is 3.66. The summed E-state index contributed by atoms with van der Waals surface area (Å²) in [6.45, 7) is -0.197. The van der Waals surface area contributed by atoms with E-state index in [4.69, 9.17) is 11.6 Å². The number of aryl methyl sites for hydroxylation is 1. The third-order valence-corrected chi connectivity index (χ3v) is 3.95. The molecule has 0 unspecified atom stereocenters. The molecule has 0 saturated heterocycles. The highest BCUT2D eigenvalue weighted by molar-refractivity contribution is 6.29. The van der Waals surface area contributed by atoms with Crippen LogP contribution in [0, 0.1) is 0 Å². The van der Waals surface area contributed by atoms with E-state index < -0.39 is 11.2 Å². The second kappa shape index (κ2) is 5.97. The minimum Gasteiger partial charge on any atom is -0.325 e. The number of aromatic nitrogens is 4. The Labute approximate surface area is 140 Å². The Bertz CT molecular complexity index is 1050. The molecule has 24 heavy (non-hydrogen) atoms. The molecule has 0 radical (unpaired) electrons. The second-order valence-electron chi connectivity index (χ2n) is 5.26. The topological polar surface area (TPSA) is 90.9 Å². The molecule has 0 aliphatic heterocycles. The third kappa shape index (κ3) is 2.61. The van der Waals surface area contributed by atoms with Crippen LogP contribution >= 0.6 is 11.6 Å². The number of para-hydroxylation sites is 1. The number of amides is 1. The molecule has 1 N–H and O–H groups in total. The zero-order valence-corrected chi connectivity index (χ0v) is 13.7. The van der Waals surface area contributed by atoms with Crippen molar-refractivity contribution in [1.82, 2.24) is 18.7 Å². The lowest BCUT2D eigenvalue weighted by Crippen LogP contribution is -2.37. The number of carbonyl (C=O) groups is 1. The van der Waals surface area contributed by atoms with Gasteiger partial charge in [0.05, 0.1) is 0 Å². The van der Waals surface area contributed by atoms with Crippen molar-refractivity contribution in [2.24, 2.45) is 14.1 Å². The maximum Gasteiger partial charge on any atom is 0.332 e. The van der Waals surface area contributed by atoms with Crippen LogP contribution in [0.2, 0.25) is 5.28 Å². The molecule has 0 bridgehead atoms. The van der Waals surface area contributed by atoms with Gasteiger partial charge in [0.15, 0.2) is 11.2 Å². The van der Waals surface area contributed by atoms with E-state index in [9.17, 15) is 14.4 Å². The summed E-state index contributed by atoms with van der Waals surface area (Å²) >= 11 is 6.07. The van der Waals surface area contributed by atoms with Crippen LogP contribution in [0.3, 0.4) is 0 Å². The Morgan fingerprint density at radius 3 is 2.50 bits per heavy atom. The fourth-order valence-corrected chi connectivity index (χ4v) is 2.65. The summed E-state index contributed by atoms with van der Waals surface area (Å²) in [6, 6.07) is 8.91. The van der Waals surface area contributed by atoms with E-state index in [-0.39, 0.29) is 28.9 Å². The molecule has 2 aromatic heterocycles. The summed E-state index contributed by atoms with van der Waals surface area (Å²) in [5.74, 6) is -0.363. The van der Waals surface area contributed by atoms with E-state index in [1.54, 1.807) is 24.3 Å². The first kappa shape index (κ1) is 16.0. The number of fused-ring (bicyclic) bond motifs is 1.